The van der Waals surface area contributed by atoms with Crippen molar-refractivity contribution in [1.82, 2.24) is 9.88 Å². The molecule has 2 N–H and O–H groups in total. The van der Waals surface area contributed by atoms with E-state index in [1.165, 1.54) is 0 Å². The number of piperidine rings is 1. The zero-order valence-corrected chi connectivity index (χ0v) is 14.7. The van der Waals surface area contributed by atoms with E-state index in [0.29, 0.717) is 26.1 Å². The number of fused-ring (bicyclic) bond motifs is 1. The number of H-pyrrole nitrogens is 1. The second kappa shape index (κ2) is 6.46. The Morgan fingerprint density at radius 3 is 2.84 bits per heavy atom. The molecule has 5 nitrogen and oxygen atoms in total. The molecule has 1 saturated heterocycles. The Balaban J connectivity index is 1.40. The number of hydrogen-bond acceptors (Lipinski definition) is 3. The normalized spacial score (nSPS) is 25.3. The van der Waals surface area contributed by atoms with Gasteiger partial charge in [-0.1, -0.05) is 18.2 Å². The van der Waals surface area contributed by atoms with E-state index < -0.39 is 0 Å². The Morgan fingerprint density at radius 1 is 1.36 bits per heavy atom. The van der Waals surface area contributed by atoms with Crippen molar-refractivity contribution >= 4 is 16.8 Å². The van der Waals surface area contributed by atoms with Gasteiger partial charge in [-0.05, 0) is 31.4 Å². The maximum atomic E-state index is 12.7. The van der Waals surface area contributed by atoms with Crippen molar-refractivity contribution in [2.75, 3.05) is 19.7 Å². The van der Waals surface area contributed by atoms with Crippen LogP contribution in [0.4, 0.5) is 0 Å². The number of aliphatic hydroxyl groups excluding tert-OH is 1. The van der Waals surface area contributed by atoms with E-state index in [2.05, 4.69) is 11.1 Å². The molecule has 0 bridgehead atoms. The first-order valence-electron chi connectivity index (χ1n) is 9.26. The molecule has 5 heteroatoms. The zero-order valence-electron chi connectivity index (χ0n) is 14.7. The Labute approximate surface area is 148 Å². The lowest BCUT2D eigenvalue weighted by Gasteiger charge is -2.56. The monoisotopic (exact) mass is 342 g/mol. The molecule has 1 aliphatic heterocycles. The summed E-state index contributed by atoms with van der Waals surface area (Å²) in [4.78, 5) is 17.9. The van der Waals surface area contributed by atoms with Gasteiger partial charge in [0.25, 0.3) is 0 Å². The molecule has 0 radical (unpaired) electrons. The number of ether oxygens (including phenoxy) is 1. The highest BCUT2D eigenvalue weighted by Crippen LogP contribution is 2.50. The van der Waals surface area contributed by atoms with Crippen molar-refractivity contribution < 1.29 is 14.6 Å². The number of hydrogen-bond donors (Lipinski definition) is 2. The molecule has 1 aliphatic carbocycles. The predicted octanol–water partition coefficient (Wildman–Crippen LogP) is 2.49. The highest BCUT2D eigenvalue weighted by molar-refractivity contribution is 5.88. The molecule has 25 heavy (non-hydrogen) atoms. The van der Waals surface area contributed by atoms with Crippen LogP contribution in [-0.2, 0) is 16.0 Å². The van der Waals surface area contributed by atoms with E-state index in [1.54, 1.807) is 0 Å². The van der Waals surface area contributed by atoms with Gasteiger partial charge < -0.3 is 19.7 Å². The summed E-state index contributed by atoms with van der Waals surface area (Å²) in [6.45, 7) is 4.10. The summed E-state index contributed by atoms with van der Waals surface area (Å²) in [5.74, 6) is 0.168. The van der Waals surface area contributed by atoms with Crippen molar-refractivity contribution in [2.24, 2.45) is 5.41 Å². The maximum Gasteiger partial charge on any atom is 0.227 e. The van der Waals surface area contributed by atoms with Gasteiger partial charge in [-0.25, -0.2) is 0 Å². The van der Waals surface area contributed by atoms with Crippen LogP contribution in [0.1, 0.15) is 31.7 Å². The molecule has 134 valence electrons. The van der Waals surface area contributed by atoms with Crippen LogP contribution in [0.25, 0.3) is 10.9 Å². The molecule has 1 aromatic heterocycles. The molecule has 1 amide bonds. The summed E-state index contributed by atoms with van der Waals surface area (Å²) in [6.07, 6.45) is 4.63. The van der Waals surface area contributed by atoms with E-state index >= 15 is 0 Å². The van der Waals surface area contributed by atoms with Crippen molar-refractivity contribution in [1.29, 1.82) is 0 Å². The van der Waals surface area contributed by atoms with Crippen LogP contribution in [0.2, 0.25) is 0 Å². The standard InChI is InChI=1S/C20H26N2O3/c1-2-25-18-12-17(23)20(18)7-9-22(10-8-20)19(24)11-14-13-21-16-6-4-3-5-15(14)16/h3-6,13,17-18,21,23H,2,7-12H2,1H3/t17-,18-/m1/s1. The van der Waals surface area contributed by atoms with Gasteiger partial charge >= 0.3 is 0 Å². The molecule has 2 aliphatic rings. The Hall–Kier alpha value is -1.85. The molecular weight excluding hydrogens is 316 g/mol. The van der Waals surface area contributed by atoms with Gasteiger partial charge in [0.05, 0.1) is 18.6 Å². The average molecular weight is 342 g/mol. The predicted molar refractivity (Wildman–Crippen MR) is 96.3 cm³/mol. The zero-order chi connectivity index (χ0) is 17.4. The molecule has 0 unspecified atom stereocenters. The minimum atomic E-state index is -0.282. The maximum absolute atomic E-state index is 12.7. The van der Waals surface area contributed by atoms with Gasteiger partial charge in [0.15, 0.2) is 0 Å². The van der Waals surface area contributed by atoms with Gasteiger partial charge in [-0.2, -0.15) is 0 Å². The largest absolute Gasteiger partial charge is 0.392 e. The summed E-state index contributed by atoms with van der Waals surface area (Å²) >= 11 is 0. The Morgan fingerprint density at radius 2 is 2.12 bits per heavy atom. The first-order chi connectivity index (χ1) is 12.1. The van der Waals surface area contributed by atoms with Crippen molar-refractivity contribution in [3.05, 3.63) is 36.0 Å². The van der Waals surface area contributed by atoms with E-state index in [0.717, 1.165) is 35.7 Å². The first-order valence-corrected chi connectivity index (χ1v) is 9.26. The van der Waals surface area contributed by atoms with Gasteiger partial charge in [0.2, 0.25) is 5.91 Å². The van der Waals surface area contributed by atoms with Crippen LogP contribution in [0.15, 0.2) is 30.5 Å². The number of likely N-dealkylation sites (tertiary alicyclic amines) is 1. The highest BCUT2D eigenvalue weighted by Gasteiger charge is 2.56. The highest BCUT2D eigenvalue weighted by atomic mass is 16.5. The molecule has 2 fully saturated rings. The van der Waals surface area contributed by atoms with Gasteiger partial charge in [-0.3, -0.25) is 4.79 Å². The number of carbonyl (C=O) groups excluding carboxylic acids is 1. The van der Waals surface area contributed by atoms with Crippen molar-refractivity contribution in [3.63, 3.8) is 0 Å². The Kier molecular flexibility index (Phi) is 4.29. The van der Waals surface area contributed by atoms with Crippen molar-refractivity contribution in [2.45, 2.75) is 44.8 Å². The second-order valence-electron chi connectivity index (χ2n) is 7.35. The second-order valence-corrected chi connectivity index (χ2v) is 7.35. The molecule has 1 aromatic carbocycles. The number of nitrogens with one attached hydrogen (secondary N) is 1. The third-order valence-corrected chi connectivity index (χ3v) is 6.17. The number of aromatic amines is 1. The summed E-state index contributed by atoms with van der Waals surface area (Å²) < 4.78 is 5.80. The molecule has 4 rings (SSSR count). The molecule has 1 spiro atoms. The van der Waals surface area contributed by atoms with Crippen molar-refractivity contribution in [3.8, 4) is 0 Å². The summed E-state index contributed by atoms with van der Waals surface area (Å²) in [5.41, 5.74) is 1.99. The van der Waals surface area contributed by atoms with E-state index in [9.17, 15) is 9.90 Å². The lowest BCUT2D eigenvalue weighted by atomic mass is 9.58. The average Bonchev–Trinajstić information content (AvgIpc) is 3.05. The fraction of sp³-hybridized carbons (Fsp3) is 0.550. The van der Waals surface area contributed by atoms with Crippen LogP contribution in [0.3, 0.4) is 0 Å². The number of benzene rings is 1. The van der Waals surface area contributed by atoms with Gasteiger partial charge in [-0.15, -0.1) is 0 Å². The topological polar surface area (TPSA) is 65.6 Å². The van der Waals surface area contributed by atoms with E-state index in [-0.39, 0.29) is 23.5 Å². The molecule has 2 atom stereocenters. The number of nitrogens with zero attached hydrogens (tertiary/aromatic N) is 1. The Bertz CT molecular complexity index is 759. The fourth-order valence-corrected chi connectivity index (χ4v) is 4.54. The number of para-hydroxylation sites is 1. The third kappa shape index (κ3) is 2.75. The number of carbonyl (C=O) groups is 1. The first kappa shape index (κ1) is 16.6. The minimum absolute atomic E-state index is 0.131. The number of rotatable bonds is 4. The van der Waals surface area contributed by atoms with Crippen LogP contribution < -0.4 is 0 Å². The number of aromatic nitrogens is 1. The van der Waals surface area contributed by atoms with Crippen LogP contribution in [0.5, 0.6) is 0 Å². The van der Waals surface area contributed by atoms with E-state index in [1.807, 2.05) is 36.2 Å². The molecule has 2 heterocycles. The number of aliphatic hydroxyl groups is 1. The lowest BCUT2D eigenvalue weighted by Crippen LogP contribution is -2.62. The summed E-state index contributed by atoms with van der Waals surface area (Å²) in [7, 11) is 0. The lowest BCUT2D eigenvalue weighted by molar-refractivity contribution is -0.210. The van der Waals surface area contributed by atoms with Crippen LogP contribution in [0, 0.1) is 5.41 Å². The number of amides is 1. The summed E-state index contributed by atoms with van der Waals surface area (Å²) in [6, 6.07) is 8.07. The quantitative estimate of drug-likeness (QED) is 0.897. The van der Waals surface area contributed by atoms with Gasteiger partial charge in [0.1, 0.15) is 0 Å². The molecule has 2 aromatic rings. The minimum Gasteiger partial charge on any atom is -0.392 e. The third-order valence-electron chi connectivity index (χ3n) is 6.17. The van der Waals surface area contributed by atoms with Crippen LogP contribution in [-0.4, -0.2) is 52.8 Å². The molecule has 1 saturated carbocycles. The molecular formula is C20H26N2O3. The van der Waals surface area contributed by atoms with E-state index in [4.69, 9.17) is 4.74 Å². The fourth-order valence-electron chi connectivity index (χ4n) is 4.54. The SMILES string of the molecule is CCO[C@@H]1C[C@@H](O)C12CCN(C(=O)Cc1c[nH]c3ccccc13)CC2. The smallest absolute Gasteiger partial charge is 0.227 e. The summed E-state index contributed by atoms with van der Waals surface area (Å²) in [5, 5.41) is 11.4. The van der Waals surface area contributed by atoms with Gasteiger partial charge in [0, 0.05) is 48.6 Å². The van der Waals surface area contributed by atoms with Crippen LogP contribution >= 0.6 is 0 Å².